The molecule has 0 spiro atoms. The first-order valence-corrected chi connectivity index (χ1v) is 11.7. The van der Waals surface area contributed by atoms with Gasteiger partial charge in [-0.05, 0) is 66.9 Å². The third kappa shape index (κ3) is 6.51. The number of hydrogen-bond acceptors (Lipinski definition) is 1. The van der Waals surface area contributed by atoms with E-state index < -0.39 is 0 Å². The number of benzene rings is 1. The molecule has 0 radical (unpaired) electrons. The number of allylic oxidation sites excluding steroid dienone is 1. The summed E-state index contributed by atoms with van der Waals surface area (Å²) in [4.78, 5) is 2.58. The number of hydrogen-bond donors (Lipinski definition) is 0. The Balaban J connectivity index is 0.00000300. The van der Waals surface area contributed by atoms with Gasteiger partial charge < -0.3 is 4.90 Å². The van der Waals surface area contributed by atoms with E-state index in [9.17, 15) is 0 Å². The van der Waals surface area contributed by atoms with Crippen LogP contribution >= 0.6 is 12.4 Å². The summed E-state index contributed by atoms with van der Waals surface area (Å²) in [5, 5.41) is 0. The van der Waals surface area contributed by atoms with E-state index >= 15 is 0 Å². The molecule has 0 unspecified atom stereocenters. The maximum atomic E-state index is 4.47. The predicted octanol–water partition coefficient (Wildman–Crippen LogP) is 8.14. The van der Waals surface area contributed by atoms with Gasteiger partial charge >= 0.3 is 0 Å². The van der Waals surface area contributed by atoms with Crippen molar-refractivity contribution in [2.24, 2.45) is 10.8 Å². The van der Waals surface area contributed by atoms with Crippen LogP contribution < -0.4 is 0 Å². The summed E-state index contributed by atoms with van der Waals surface area (Å²) in [6, 6.07) is 10.3. The third-order valence-corrected chi connectivity index (χ3v) is 7.18. The predicted molar refractivity (Wildman–Crippen MR) is 130 cm³/mol. The minimum Gasteiger partial charge on any atom is -0.372 e. The highest BCUT2D eigenvalue weighted by Crippen LogP contribution is 2.51. The summed E-state index contributed by atoms with van der Waals surface area (Å²) in [7, 11) is 0. The molecule has 3 rings (SSSR count). The van der Waals surface area contributed by atoms with Crippen LogP contribution in [-0.2, 0) is 6.42 Å². The molecule has 0 aliphatic heterocycles. The number of nitrogens with zero attached hydrogens (tertiary/aromatic N) is 1. The summed E-state index contributed by atoms with van der Waals surface area (Å²) < 4.78 is 0. The highest BCUT2D eigenvalue weighted by atomic mass is 35.5. The molecule has 0 N–H and O–H groups in total. The largest absolute Gasteiger partial charge is 0.372 e. The van der Waals surface area contributed by atoms with Crippen LogP contribution in [-0.4, -0.2) is 17.5 Å². The van der Waals surface area contributed by atoms with E-state index in [-0.39, 0.29) is 12.4 Å². The molecule has 0 atom stereocenters. The molecule has 2 aliphatic rings. The van der Waals surface area contributed by atoms with E-state index in [1.807, 2.05) is 0 Å². The van der Waals surface area contributed by atoms with Crippen molar-refractivity contribution in [3.63, 3.8) is 0 Å². The molecule has 2 saturated carbocycles. The van der Waals surface area contributed by atoms with Crippen LogP contribution in [0.4, 0.5) is 0 Å². The zero-order valence-electron chi connectivity index (χ0n) is 19.6. The highest BCUT2D eigenvalue weighted by molar-refractivity contribution is 5.85. The molecular formula is C27H44ClN. The SMILES string of the molecule is C=C(Cc1ccc(C2CC(C)(C)CC(C)(C)C2)cc1)N(CC)C1CCCCC1.Cl. The molecule has 2 fully saturated rings. The van der Waals surface area contributed by atoms with E-state index in [0.29, 0.717) is 16.7 Å². The molecule has 0 amide bonds. The van der Waals surface area contributed by atoms with Gasteiger partial charge in [-0.1, -0.05) is 77.8 Å². The lowest BCUT2D eigenvalue weighted by Gasteiger charge is -2.45. The van der Waals surface area contributed by atoms with Gasteiger partial charge in [0.15, 0.2) is 0 Å². The van der Waals surface area contributed by atoms with Gasteiger partial charge in [0.2, 0.25) is 0 Å². The lowest BCUT2D eigenvalue weighted by Crippen LogP contribution is -2.36. The van der Waals surface area contributed by atoms with Gasteiger partial charge in [-0.15, -0.1) is 12.4 Å². The Morgan fingerprint density at radius 3 is 2.03 bits per heavy atom. The zero-order valence-corrected chi connectivity index (χ0v) is 20.4. The smallest absolute Gasteiger partial charge is 0.0286 e. The molecule has 1 aromatic rings. The Hall–Kier alpha value is -0.950. The Labute approximate surface area is 186 Å². The fourth-order valence-corrected chi connectivity index (χ4v) is 6.46. The normalized spacial score (nSPS) is 22.0. The van der Waals surface area contributed by atoms with Crippen molar-refractivity contribution in [1.29, 1.82) is 0 Å². The van der Waals surface area contributed by atoms with Crippen molar-refractivity contribution in [3.05, 3.63) is 47.7 Å². The summed E-state index contributed by atoms with van der Waals surface area (Å²) >= 11 is 0. The van der Waals surface area contributed by atoms with Gasteiger partial charge in [0, 0.05) is 24.7 Å². The monoisotopic (exact) mass is 417 g/mol. The van der Waals surface area contributed by atoms with Gasteiger partial charge in [0.25, 0.3) is 0 Å². The van der Waals surface area contributed by atoms with Crippen LogP contribution in [0.1, 0.15) is 103 Å². The Morgan fingerprint density at radius 2 is 1.52 bits per heavy atom. The Bertz CT molecular complexity index is 636. The van der Waals surface area contributed by atoms with Crippen molar-refractivity contribution >= 4 is 12.4 Å². The molecule has 0 bridgehead atoms. The summed E-state index contributed by atoms with van der Waals surface area (Å²) in [5.41, 5.74) is 5.15. The van der Waals surface area contributed by atoms with Crippen LogP contribution in [0, 0.1) is 10.8 Å². The first kappa shape index (κ1) is 24.3. The maximum absolute atomic E-state index is 4.47. The van der Waals surface area contributed by atoms with Crippen LogP contribution in [0.15, 0.2) is 36.5 Å². The van der Waals surface area contributed by atoms with E-state index in [4.69, 9.17) is 0 Å². The topological polar surface area (TPSA) is 3.24 Å². The molecule has 2 heteroatoms. The summed E-state index contributed by atoms with van der Waals surface area (Å²) in [6.07, 6.45) is 11.8. The molecule has 164 valence electrons. The Kier molecular flexibility index (Phi) is 8.31. The second kappa shape index (κ2) is 9.90. The van der Waals surface area contributed by atoms with Crippen LogP contribution in [0.25, 0.3) is 0 Å². The molecule has 1 nitrogen and oxygen atoms in total. The number of halogens is 1. The molecule has 1 aromatic carbocycles. The fraction of sp³-hybridized carbons (Fsp3) is 0.704. The summed E-state index contributed by atoms with van der Waals surface area (Å²) in [5.74, 6) is 0.699. The van der Waals surface area contributed by atoms with Gasteiger partial charge in [0.05, 0.1) is 0 Å². The van der Waals surface area contributed by atoms with E-state index in [1.54, 1.807) is 0 Å². The van der Waals surface area contributed by atoms with E-state index in [2.05, 4.69) is 70.4 Å². The van der Waals surface area contributed by atoms with Crippen molar-refractivity contribution < 1.29 is 0 Å². The second-order valence-electron chi connectivity index (χ2n) is 11.2. The van der Waals surface area contributed by atoms with Gasteiger partial charge in [-0.3, -0.25) is 0 Å². The quantitative estimate of drug-likeness (QED) is 0.451. The van der Waals surface area contributed by atoms with Crippen molar-refractivity contribution in [3.8, 4) is 0 Å². The first-order chi connectivity index (χ1) is 13.2. The zero-order chi connectivity index (χ0) is 20.4. The molecule has 2 aliphatic carbocycles. The van der Waals surface area contributed by atoms with Gasteiger partial charge in [-0.25, -0.2) is 0 Å². The van der Waals surface area contributed by atoms with Crippen molar-refractivity contribution in [2.45, 2.75) is 104 Å². The second-order valence-corrected chi connectivity index (χ2v) is 11.2. The molecule has 29 heavy (non-hydrogen) atoms. The minimum absolute atomic E-state index is 0. The molecular weight excluding hydrogens is 374 g/mol. The average molecular weight is 418 g/mol. The van der Waals surface area contributed by atoms with Crippen molar-refractivity contribution in [1.82, 2.24) is 4.90 Å². The van der Waals surface area contributed by atoms with Crippen LogP contribution in [0.2, 0.25) is 0 Å². The van der Waals surface area contributed by atoms with Crippen LogP contribution in [0.3, 0.4) is 0 Å². The van der Waals surface area contributed by atoms with E-state index in [0.717, 1.165) is 19.0 Å². The lowest BCUT2D eigenvalue weighted by atomic mass is 9.60. The summed E-state index contributed by atoms with van der Waals surface area (Å²) in [6.45, 7) is 17.6. The molecule has 0 heterocycles. The minimum atomic E-state index is 0. The average Bonchev–Trinajstić information content (AvgIpc) is 2.61. The Morgan fingerprint density at radius 1 is 0.966 bits per heavy atom. The molecule has 0 aromatic heterocycles. The van der Waals surface area contributed by atoms with Crippen molar-refractivity contribution in [2.75, 3.05) is 6.54 Å². The van der Waals surface area contributed by atoms with E-state index in [1.165, 1.54) is 68.2 Å². The first-order valence-electron chi connectivity index (χ1n) is 11.7. The number of likely N-dealkylation sites (N-methyl/N-ethyl adjacent to an activating group) is 1. The molecule has 0 saturated heterocycles. The maximum Gasteiger partial charge on any atom is 0.0286 e. The third-order valence-electron chi connectivity index (χ3n) is 7.18. The lowest BCUT2D eigenvalue weighted by molar-refractivity contribution is 0.0969. The van der Waals surface area contributed by atoms with Crippen LogP contribution in [0.5, 0.6) is 0 Å². The standard InChI is InChI=1S/C27H43N.ClH/c1-7-28(25-11-9-8-10-12-25)21(2)17-22-13-15-23(16-14-22)24-18-26(3,4)20-27(5,6)19-24;/h13-16,24-25H,2,7-12,17-20H2,1,3-6H3;1H. The fourth-order valence-electron chi connectivity index (χ4n) is 6.46. The van der Waals surface area contributed by atoms with Gasteiger partial charge in [-0.2, -0.15) is 0 Å². The number of rotatable bonds is 6. The van der Waals surface area contributed by atoms with Gasteiger partial charge in [0.1, 0.15) is 0 Å². The highest BCUT2D eigenvalue weighted by Gasteiger charge is 2.38.